The van der Waals surface area contributed by atoms with Crippen LogP contribution >= 0.6 is 11.6 Å². The summed E-state index contributed by atoms with van der Waals surface area (Å²) in [6.45, 7) is 6.58. The Morgan fingerprint density at radius 2 is 1.83 bits per heavy atom. The summed E-state index contributed by atoms with van der Waals surface area (Å²) < 4.78 is 27.0. The van der Waals surface area contributed by atoms with Crippen molar-refractivity contribution in [3.8, 4) is 0 Å². The summed E-state index contributed by atoms with van der Waals surface area (Å²) in [5.41, 5.74) is 0.787. The van der Waals surface area contributed by atoms with Gasteiger partial charge in [-0.1, -0.05) is 11.6 Å². The molecule has 1 fully saturated rings. The molecule has 0 bridgehead atoms. The van der Waals surface area contributed by atoms with Crippen LogP contribution in [0.2, 0.25) is 5.02 Å². The fourth-order valence-corrected chi connectivity index (χ4v) is 4.36. The van der Waals surface area contributed by atoms with E-state index in [4.69, 9.17) is 11.6 Å². The monoisotopic (exact) mass is 359 g/mol. The zero-order chi connectivity index (χ0) is 17.0. The quantitative estimate of drug-likeness (QED) is 0.778. The lowest BCUT2D eigenvalue weighted by Gasteiger charge is -2.34. The largest absolute Gasteiger partial charge is 0.309 e. The number of sulfonamides is 1. The van der Waals surface area contributed by atoms with E-state index < -0.39 is 10.0 Å². The SMILES string of the molecule is Cc1cc(S(=O)(=O)N2CCN(CCCN(C)C)CC2)ccc1Cl. The van der Waals surface area contributed by atoms with E-state index in [1.807, 2.05) is 6.92 Å². The van der Waals surface area contributed by atoms with Crippen molar-refractivity contribution in [1.82, 2.24) is 14.1 Å². The number of rotatable bonds is 6. The molecule has 0 aromatic heterocycles. The summed E-state index contributed by atoms with van der Waals surface area (Å²) in [7, 11) is 0.717. The van der Waals surface area contributed by atoms with Crippen LogP contribution in [0, 0.1) is 6.92 Å². The van der Waals surface area contributed by atoms with E-state index in [-0.39, 0.29) is 0 Å². The highest BCUT2D eigenvalue weighted by Gasteiger charge is 2.28. The fourth-order valence-electron chi connectivity index (χ4n) is 2.73. The molecule has 1 heterocycles. The van der Waals surface area contributed by atoms with Gasteiger partial charge >= 0.3 is 0 Å². The van der Waals surface area contributed by atoms with Gasteiger partial charge in [0, 0.05) is 31.2 Å². The van der Waals surface area contributed by atoms with Crippen LogP contribution in [0.3, 0.4) is 0 Å². The lowest BCUT2D eigenvalue weighted by molar-refractivity contribution is 0.181. The minimum absolute atomic E-state index is 0.334. The first kappa shape index (κ1) is 18.7. The second kappa shape index (κ2) is 7.94. The Hall–Kier alpha value is -0.660. The highest BCUT2D eigenvalue weighted by molar-refractivity contribution is 7.89. The molecular formula is C16H26ClN3O2S. The lowest BCUT2D eigenvalue weighted by Crippen LogP contribution is -2.48. The first-order valence-electron chi connectivity index (χ1n) is 7.94. The molecule has 2 rings (SSSR count). The molecule has 0 N–H and O–H groups in total. The number of piperazine rings is 1. The third-order valence-electron chi connectivity index (χ3n) is 4.18. The smallest absolute Gasteiger partial charge is 0.243 e. The van der Waals surface area contributed by atoms with E-state index in [0.717, 1.165) is 38.2 Å². The molecular weight excluding hydrogens is 334 g/mol. The van der Waals surface area contributed by atoms with Crippen LogP contribution in [-0.4, -0.2) is 75.9 Å². The van der Waals surface area contributed by atoms with Crippen molar-refractivity contribution < 1.29 is 8.42 Å². The maximum absolute atomic E-state index is 12.7. The number of benzene rings is 1. The molecule has 1 aromatic carbocycles. The zero-order valence-electron chi connectivity index (χ0n) is 14.1. The third-order valence-corrected chi connectivity index (χ3v) is 6.50. The first-order valence-corrected chi connectivity index (χ1v) is 9.76. The summed E-state index contributed by atoms with van der Waals surface area (Å²) >= 11 is 5.99. The van der Waals surface area contributed by atoms with Crippen LogP contribution < -0.4 is 0 Å². The van der Waals surface area contributed by atoms with Crippen molar-refractivity contribution in [1.29, 1.82) is 0 Å². The van der Waals surface area contributed by atoms with E-state index >= 15 is 0 Å². The molecule has 1 aromatic rings. The van der Waals surface area contributed by atoms with E-state index in [0.29, 0.717) is 23.0 Å². The number of halogens is 1. The molecule has 130 valence electrons. The van der Waals surface area contributed by atoms with Crippen LogP contribution in [0.4, 0.5) is 0 Å². The highest BCUT2D eigenvalue weighted by atomic mass is 35.5. The average molecular weight is 360 g/mol. The molecule has 23 heavy (non-hydrogen) atoms. The Labute approximate surface area is 144 Å². The van der Waals surface area contributed by atoms with Gasteiger partial charge in [-0.2, -0.15) is 4.31 Å². The summed E-state index contributed by atoms with van der Waals surface area (Å²) in [5.74, 6) is 0. The topological polar surface area (TPSA) is 43.9 Å². The molecule has 7 heteroatoms. The standard InChI is InChI=1S/C16H26ClN3O2S/c1-14-13-15(5-6-16(14)17)23(21,22)20-11-9-19(10-12-20)8-4-7-18(2)3/h5-6,13H,4,7-12H2,1-3H3. The van der Waals surface area contributed by atoms with E-state index in [1.165, 1.54) is 0 Å². The van der Waals surface area contributed by atoms with Crippen molar-refractivity contribution in [2.24, 2.45) is 0 Å². The van der Waals surface area contributed by atoms with E-state index in [1.54, 1.807) is 22.5 Å². The molecule has 0 radical (unpaired) electrons. The summed E-state index contributed by atoms with van der Waals surface area (Å²) in [6, 6.07) is 4.90. The molecule has 1 saturated heterocycles. The van der Waals surface area contributed by atoms with Gasteiger partial charge in [0.05, 0.1) is 4.90 Å². The Morgan fingerprint density at radius 3 is 2.39 bits per heavy atom. The maximum atomic E-state index is 12.7. The predicted molar refractivity (Wildman–Crippen MR) is 94.6 cm³/mol. The molecule has 1 aliphatic rings. The second-order valence-corrected chi connectivity index (χ2v) is 8.66. The van der Waals surface area contributed by atoms with Gasteiger partial charge in [0.25, 0.3) is 0 Å². The zero-order valence-corrected chi connectivity index (χ0v) is 15.7. The molecule has 0 aliphatic carbocycles. The van der Waals surface area contributed by atoms with Crippen molar-refractivity contribution in [2.45, 2.75) is 18.2 Å². The Bertz CT molecular complexity index is 626. The molecule has 1 aliphatic heterocycles. The van der Waals surface area contributed by atoms with Crippen LogP contribution in [0.5, 0.6) is 0 Å². The maximum Gasteiger partial charge on any atom is 0.243 e. The first-order chi connectivity index (χ1) is 10.8. The Kier molecular flexibility index (Phi) is 6.45. The van der Waals surface area contributed by atoms with Crippen molar-refractivity contribution in [3.63, 3.8) is 0 Å². The summed E-state index contributed by atoms with van der Waals surface area (Å²) in [4.78, 5) is 4.84. The van der Waals surface area contributed by atoms with Crippen molar-refractivity contribution in [3.05, 3.63) is 28.8 Å². The Balaban J connectivity index is 1.94. The van der Waals surface area contributed by atoms with Gasteiger partial charge in [-0.05, 0) is 64.3 Å². The average Bonchev–Trinajstić information content (AvgIpc) is 2.50. The van der Waals surface area contributed by atoms with Gasteiger partial charge < -0.3 is 9.80 Å². The van der Waals surface area contributed by atoms with Gasteiger partial charge in [0.2, 0.25) is 10.0 Å². The minimum atomic E-state index is -3.42. The molecule has 0 amide bonds. The number of nitrogens with zero attached hydrogens (tertiary/aromatic N) is 3. The van der Waals surface area contributed by atoms with E-state index in [9.17, 15) is 8.42 Å². The normalized spacial score (nSPS) is 17.8. The lowest BCUT2D eigenvalue weighted by atomic mass is 10.2. The molecule has 0 saturated carbocycles. The fraction of sp³-hybridized carbons (Fsp3) is 0.625. The molecule has 0 atom stereocenters. The van der Waals surface area contributed by atoms with Crippen LogP contribution in [-0.2, 0) is 10.0 Å². The number of hydrogen-bond donors (Lipinski definition) is 0. The van der Waals surface area contributed by atoms with Crippen LogP contribution in [0.1, 0.15) is 12.0 Å². The molecule has 0 spiro atoms. The summed E-state index contributed by atoms with van der Waals surface area (Å²) in [5, 5.41) is 0.592. The van der Waals surface area contributed by atoms with Crippen LogP contribution in [0.15, 0.2) is 23.1 Å². The minimum Gasteiger partial charge on any atom is -0.309 e. The number of hydrogen-bond acceptors (Lipinski definition) is 4. The Morgan fingerprint density at radius 1 is 1.17 bits per heavy atom. The van der Waals surface area contributed by atoms with Gasteiger partial charge in [-0.15, -0.1) is 0 Å². The van der Waals surface area contributed by atoms with E-state index in [2.05, 4.69) is 23.9 Å². The van der Waals surface area contributed by atoms with Crippen LogP contribution in [0.25, 0.3) is 0 Å². The third kappa shape index (κ3) is 4.90. The molecule has 0 unspecified atom stereocenters. The summed E-state index contributed by atoms with van der Waals surface area (Å²) in [6.07, 6.45) is 1.11. The van der Waals surface area contributed by atoms with Gasteiger partial charge in [0.1, 0.15) is 0 Å². The van der Waals surface area contributed by atoms with Gasteiger partial charge in [0.15, 0.2) is 0 Å². The highest BCUT2D eigenvalue weighted by Crippen LogP contribution is 2.23. The van der Waals surface area contributed by atoms with Crippen molar-refractivity contribution >= 4 is 21.6 Å². The van der Waals surface area contributed by atoms with Crippen molar-refractivity contribution in [2.75, 3.05) is 53.4 Å². The van der Waals surface area contributed by atoms with Gasteiger partial charge in [-0.3, -0.25) is 0 Å². The number of aryl methyl sites for hydroxylation is 1. The van der Waals surface area contributed by atoms with Gasteiger partial charge in [-0.25, -0.2) is 8.42 Å². The molecule has 5 nitrogen and oxygen atoms in total. The predicted octanol–water partition coefficient (Wildman–Crippen LogP) is 1.91. The second-order valence-electron chi connectivity index (χ2n) is 6.31.